The van der Waals surface area contributed by atoms with Gasteiger partial charge in [-0.1, -0.05) is 0 Å². The average molecular weight is 219 g/mol. The summed E-state index contributed by atoms with van der Waals surface area (Å²) in [6.07, 6.45) is 0. The van der Waals surface area contributed by atoms with Crippen LogP contribution in [0.5, 0.6) is 0 Å². The summed E-state index contributed by atoms with van der Waals surface area (Å²) < 4.78 is 0. The van der Waals surface area contributed by atoms with Gasteiger partial charge < -0.3 is 17.2 Å². The Morgan fingerprint density at radius 1 is 0.583 bits per heavy atom. The van der Waals surface area contributed by atoms with Crippen molar-refractivity contribution in [1.82, 2.24) is 0 Å². The fourth-order valence-electron chi connectivity index (χ4n) is 0.871. The first kappa shape index (κ1) is 9.99. The minimum atomic E-state index is 0.617. The van der Waals surface area contributed by atoms with Crippen LogP contribution in [-0.2, 0) is 0 Å². The van der Waals surface area contributed by atoms with E-state index in [1.165, 1.54) is 0 Å². The van der Waals surface area contributed by atoms with E-state index in [0.717, 1.165) is 15.9 Å². The lowest BCUT2D eigenvalue weighted by Crippen LogP contribution is -2.26. The molecule has 0 saturated heterocycles. The van der Waals surface area contributed by atoms with Crippen molar-refractivity contribution in [2.45, 2.75) is 0 Å². The Bertz CT molecular complexity index is 232. The molecule has 3 unspecified atom stereocenters. The SMILES string of the molecule is Nc1c(P)c(N)c(P)c(N)c1P. The number of rotatable bonds is 0. The fraction of sp³-hybridized carbons (Fsp3) is 0. The van der Waals surface area contributed by atoms with Gasteiger partial charge in [0.2, 0.25) is 0 Å². The van der Waals surface area contributed by atoms with E-state index in [9.17, 15) is 0 Å². The summed E-state index contributed by atoms with van der Waals surface area (Å²) in [5.74, 6) is 0. The lowest BCUT2D eigenvalue weighted by molar-refractivity contribution is 1.80. The smallest absolute Gasteiger partial charge is 0.0501 e. The number of hydrogen-bond acceptors (Lipinski definition) is 3. The van der Waals surface area contributed by atoms with Crippen molar-refractivity contribution in [3.63, 3.8) is 0 Å². The van der Waals surface area contributed by atoms with Crippen molar-refractivity contribution in [3.8, 4) is 0 Å². The zero-order chi connectivity index (χ0) is 9.46. The van der Waals surface area contributed by atoms with Crippen molar-refractivity contribution in [2.24, 2.45) is 0 Å². The summed E-state index contributed by atoms with van der Waals surface area (Å²) in [6, 6.07) is 0. The molecule has 0 fully saturated rings. The maximum atomic E-state index is 5.74. The second kappa shape index (κ2) is 3.34. The van der Waals surface area contributed by atoms with Crippen molar-refractivity contribution in [3.05, 3.63) is 0 Å². The predicted molar refractivity (Wildman–Crippen MR) is 67.7 cm³/mol. The number of nitrogens with two attached hydrogens (primary N) is 3. The van der Waals surface area contributed by atoms with Crippen LogP contribution >= 0.6 is 27.7 Å². The first-order valence-electron chi connectivity index (χ1n) is 3.23. The summed E-state index contributed by atoms with van der Waals surface area (Å²) in [5, 5.41) is 2.41. The minimum absolute atomic E-state index is 0.617. The maximum absolute atomic E-state index is 5.74. The Hall–Kier alpha value is -0.0900. The van der Waals surface area contributed by atoms with Gasteiger partial charge in [-0.2, -0.15) is 0 Å². The third kappa shape index (κ3) is 1.38. The molecule has 0 saturated carbocycles. The quantitative estimate of drug-likeness (QED) is 0.384. The van der Waals surface area contributed by atoms with Crippen LogP contribution in [0.25, 0.3) is 0 Å². The molecule has 3 atom stereocenters. The topological polar surface area (TPSA) is 78.1 Å². The van der Waals surface area contributed by atoms with Crippen LogP contribution in [0.4, 0.5) is 17.1 Å². The van der Waals surface area contributed by atoms with Gasteiger partial charge >= 0.3 is 0 Å². The van der Waals surface area contributed by atoms with Gasteiger partial charge in [-0.05, 0) is 0 Å². The number of nitrogen functional groups attached to an aromatic ring is 3. The van der Waals surface area contributed by atoms with Crippen LogP contribution in [-0.4, -0.2) is 0 Å². The van der Waals surface area contributed by atoms with Gasteiger partial charge in [0.15, 0.2) is 0 Å². The van der Waals surface area contributed by atoms with Crippen LogP contribution in [0.3, 0.4) is 0 Å². The molecule has 6 N–H and O–H groups in total. The summed E-state index contributed by atoms with van der Waals surface area (Å²) in [6.45, 7) is 0. The first-order chi connectivity index (χ1) is 5.46. The molecule has 6 heteroatoms. The lowest BCUT2D eigenvalue weighted by atomic mass is 10.2. The lowest BCUT2D eigenvalue weighted by Gasteiger charge is -2.13. The van der Waals surface area contributed by atoms with Crippen LogP contribution < -0.4 is 33.1 Å². The molecule has 1 aromatic carbocycles. The highest BCUT2D eigenvalue weighted by Crippen LogP contribution is 2.16. The van der Waals surface area contributed by atoms with Crippen molar-refractivity contribution in [2.75, 3.05) is 17.2 Å². The van der Waals surface area contributed by atoms with Gasteiger partial charge in [0.1, 0.15) is 0 Å². The van der Waals surface area contributed by atoms with Gasteiger partial charge in [0.25, 0.3) is 0 Å². The van der Waals surface area contributed by atoms with Gasteiger partial charge in [-0.25, -0.2) is 0 Å². The van der Waals surface area contributed by atoms with Gasteiger partial charge in [-0.3, -0.25) is 0 Å². The second-order valence-corrected chi connectivity index (χ2v) is 4.21. The molecular formula is C6H12N3P3. The molecule has 0 heterocycles. The van der Waals surface area contributed by atoms with Crippen LogP contribution in [0.15, 0.2) is 0 Å². The fourth-order valence-corrected chi connectivity index (χ4v) is 2.30. The highest BCUT2D eigenvalue weighted by Gasteiger charge is 2.10. The molecule has 0 aliphatic carbocycles. The van der Waals surface area contributed by atoms with Gasteiger partial charge in [0, 0.05) is 15.9 Å². The van der Waals surface area contributed by atoms with E-state index in [1.807, 2.05) is 0 Å². The van der Waals surface area contributed by atoms with E-state index in [2.05, 4.69) is 27.7 Å². The normalized spacial score (nSPS) is 10.2. The minimum Gasteiger partial charge on any atom is -0.398 e. The van der Waals surface area contributed by atoms with Gasteiger partial charge in [-0.15, -0.1) is 27.7 Å². The molecule has 1 rings (SSSR count). The highest BCUT2D eigenvalue weighted by atomic mass is 31.0. The summed E-state index contributed by atoms with van der Waals surface area (Å²) in [4.78, 5) is 0. The number of hydrogen-bond donors (Lipinski definition) is 3. The molecule has 0 spiro atoms. The molecule has 0 amide bonds. The Morgan fingerprint density at radius 2 is 0.750 bits per heavy atom. The molecule has 0 aliphatic rings. The van der Waals surface area contributed by atoms with E-state index in [-0.39, 0.29) is 0 Å². The van der Waals surface area contributed by atoms with Crippen molar-refractivity contribution < 1.29 is 0 Å². The van der Waals surface area contributed by atoms with E-state index in [4.69, 9.17) is 17.2 Å². The Labute approximate surface area is 78.4 Å². The van der Waals surface area contributed by atoms with Gasteiger partial charge in [0.05, 0.1) is 17.1 Å². The zero-order valence-electron chi connectivity index (χ0n) is 6.46. The molecular weight excluding hydrogens is 207 g/mol. The summed E-state index contributed by atoms with van der Waals surface area (Å²) in [5.41, 5.74) is 19.1. The summed E-state index contributed by atoms with van der Waals surface area (Å²) in [7, 11) is 7.51. The highest BCUT2D eigenvalue weighted by molar-refractivity contribution is 7.34. The number of anilines is 3. The average Bonchev–Trinajstić information content (AvgIpc) is 2.08. The van der Waals surface area contributed by atoms with E-state index in [1.54, 1.807) is 0 Å². The van der Waals surface area contributed by atoms with Crippen LogP contribution in [0.1, 0.15) is 0 Å². The summed E-state index contributed by atoms with van der Waals surface area (Å²) >= 11 is 0. The second-order valence-electron chi connectivity index (χ2n) is 2.48. The van der Waals surface area contributed by atoms with E-state index >= 15 is 0 Å². The van der Waals surface area contributed by atoms with Crippen LogP contribution in [0.2, 0.25) is 0 Å². The Balaban J connectivity index is 3.60. The largest absolute Gasteiger partial charge is 0.398 e. The van der Waals surface area contributed by atoms with Crippen molar-refractivity contribution in [1.29, 1.82) is 0 Å². The monoisotopic (exact) mass is 219 g/mol. The molecule has 3 nitrogen and oxygen atoms in total. The molecule has 0 radical (unpaired) electrons. The third-order valence-corrected chi connectivity index (χ3v) is 3.61. The maximum Gasteiger partial charge on any atom is 0.0501 e. The predicted octanol–water partition coefficient (Wildman–Crippen LogP) is -1.07. The molecule has 0 aliphatic heterocycles. The van der Waals surface area contributed by atoms with Crippen molar-refractivity contribution >= 4 is 60.7 Å². The zero-order valence-corrected chi connectivity index (χ0v) is 9.93. The molecule has 12 heavy (non-hydrogen) atoms. The third-order valence-electron chi connectivity index (χ3n) is 1.74. The Morgan fingerprint density at radius 3 is 0.917 bits per heavy atom. The standard InChI is InChI=1S/C6H12N3P3/c7-1-4(10)2(8)6(12)3(9)5(1)11/h7-12H2. The number of benzene rings is 1. The molecule has 0 aromatic heterocycles. The van der Waals surface area contributed by atoms with Crippen LogP contribution in [0, 0.1) is 0 Å². The molecule has 66 valence electrons. The first-order valence-corrected chi connectivity index (χ1v) is 4.96. The Kier molecular flexibility index (Phi) is 2.78. The molecule has 1 aromatic rings. The van der Waals surface area contributed by atoms with E-state index in [0.29, 0.717) is 17.1 Å². The van der Waals surface area contributed by atoms with E-state index < -0.39 is 0 Å². The molecule has 0 bridgehead atoms.